The number of rotatable bonds is 7. The number of carboxylic acid groups (broad SMARTS) is 1. The van der Waals surface area contributed by atoms with Gasteiger partial charge in [-0.25, -0.2) is 0 Å². The molecule has 1 aromatic rings. The summed E-state index contributed by atoms with van der Waals surface area (Å²) in [5.41, 5.74) is 0.607. The van der Waals surface area contributed by atoms with Crippen molar-refractivity contribution in [1.82, 2.24) is 0 Å². The highest BCUT2D eigenvalue weighted by atomic mass is 32.2. The molecule has 0 spiro atoms. The lowest BCUT2D eigenvalue weighted by molar-refractivity contribution is -0.137. The first-order valence-electron chi connectivity index (χ1n) is 5.94. The number of amides is 1. The van der Waals surface area contributed by atoms with E-state index in [1.54, 1.807) is 30.5 Å². The third-order valence-corrected chi connectivity index (χ3v) is 3.41. The van der Waals surface area contributed by atoms with E-state index >= 15 is 0 Å². The molecule has 1 unspecified atom stereocenters. The molecule has 0 aliphatic carbocycles. The van der Waals surface area contributed by atoms with E-state index in [1.807, 2.05) is 0 Å². The van der Waals surface area contributed by atoms with E-state index < -0.39 is 16.8 Å². The average Bonchev–Trinajstić information content (AvgIpc) is 2.34. The Kier molecular flexibility index (Phi) is 6.21. The number of hydrogen-bond acceptors (Lipinski definition) is 3. The van der Waals surface area contributed by atoms with Gasteiger partial charge >= 0.3 is 5.97 Å². The van der Waals surface area contributed by atoms with Crippen molar-refractivity contribution in [3.63, 3.8) is 0 Å². The molecule has 0 fully saturated rings. The largest absolute Gasteiger partial charge is 0.481 e. The molecule has 5 nitrogen and oxygen atoms in total. The lowest BCUT2D eigenvalue weighted by atomic mass is 10.2. The van der Waals surface area contributed by atoms with Gasteiger partial charge < -0.3 is 10.4 Å². The molecule has 0 aliphatic heterocycles. The highest BCUT2D eigenvalue weighted by Crippen LogP contribution is 2.14. The Labute approximate surface area is 114 Å². The summed E-state index contributed by atoms with van der Waals surface area (Å²) < 4.78 is 11.3. The summed E-state index contributed by atoms with van der Waals surface area (Å²) in [5.74, 6) is -1.01. The van der Waals surface area contributed by atoms with Gasteiger partial charge in [-0.3, -0.25) is 13.8 Å². The van der Waals surface area contributed by atoms with Crippen LogP contribution in [0.4, 0.5) is 5.69 Å². The molecule has 1 rings (SSSR count). The third-order valence-electron chi connectivity index (χ3n) is 2.49. The average molecular weight is 283 g/mol. The molecule has 6 heteroatoms. The number of carbonyl (C=O) groups is 2. The molecule has 0 heterocycles. The van der Waals surface area contributed by atoms with Gasteiger partial charge in [-0.05, 0) is 31.0 Å². The van der Waals surface area contributed by atoms with E-state index in [1.165, 1.54) is 0 Å². The van der Waals surface area contributed by atoms with E-state index in [-0.39, 0.29) is 18.7 Å². The molecule has 1 atom stereocenters. The van der Waals surface area contributed by atoms with Crippen LogP contribution >= 0.6 is 0 Å². The normalized spacial score (nSPS) is 11.8. The number of carboxylic acids is 1. The first-order chi connectivity index (χ1) is 8.99. The third kappa shape index (κ3) is 6.15. The van der Waals surface area contributed by atoms with Crippen LogP contribution in [0, 0.1) is 0 Å². The highest BCUT2D eigenvalue weighted by Gasteiger charge is 2.05. The summed E-state index contributed by atoms with van der Waals surface area (Å²) in [5, 5.41) is 11.2. The Balaban J connectivity index is 2.42. The van der Waals surface area contributed by atoms with Crippen molar-refractivity contribution >= 4 is 28.4 Å². The Morgan fingerprint density at radius 2 is 1.95 bits per heavy atom. The van der Waals surface area contributed by atoms with Crippen LogP contribution in [0.1, 0.15) is 25.7 Å². The van der Waals surface area contributed by atoms with Crippen molar-refractivity contribution < 1.29 is 18.9 Å². The van der Waals surface area contributed by atoms with Crippen molar-refractivity contribution in [1.29, 1.82) is 0 Å². The van der Waals surface area contributed by atoms with Crippen molar-refractivity contribution in [3.05, 3.63) is 24.3 Å². The monoisotopic (exact) mass is 283 g/mol. The fraction of sp³-hybridized carbons (Fsp3) is 0.385. The summed E-state index contributed by atoms with van der Waals surface area (Å²) in [6, 6.07) is 6.87. The van der Waals surface area contributed by atoms with Crippen LogP contribution in [0.25, 0.3) is 0 Å². The van der Waals surface area contributed by atoms with Gasteiger partial charge in [0.1, 0.15) is 0 Å². The fourth-order valence-corrected chi connectivity index (χ4v) is 2.10. The quantitative estimate of drug-likeness (QED) is 0.750. The van der Waals surface area contributed by atoms with Crippen LogP contribution in [0.15, 0.2) is 29.2 Å². The molecule has 0 saturated heterocycles. The molecular weight excluding hydrogens is 266 g/mol. The molecule has 2 N–H and O–H groups in total. The predicted molar refractivity (Wildman–Crippen MR) is 73.5 cm³/mol. The van der Waals surface area contributed by atoms with E-state index in [0.717, 1.165) is 0 Å². The maximum absolute atomic E-state index is 11.6. The SMILES string of the molecule is CS(=O)c1cccc(NC(=O)CCCCC(=O)O)c1. The zero-order valence-corrected chi connectivity index (χ0v) is 11.5. The molecule has 19 heavy (non-hydrogen) atoms. The standard InChI is InChI=1S/C13H17NO4S/c1-19(18)11-6-4-5-10(9-11)14-12(15)7-2-3-8-13(16)17/h4-6,9H,2-3,7-8H2,1H3,(H,14,15)(H,16,17). The topological polar surface area (TPSA) is 83.5 Å². The van der Waals surface area contributed by atoms with Gasteiger partial charge in [0.15, 0.2) is 0 Å². The number of benzene rings is 1. The number of hydrogen-bond donors (Lipinski definition) is 2. The van der Waals surface area contributed by atoms with Gasteiger partial charge in [0.05, 0.1) is 0 Å². The van der Waals surface area contributed by atoms with Gasteiger partial charge in [0.25, 0.3) is 0 Å². The zero-order valence-electron chi connectivity index (χ0n) is 10.7. The maximum Gasteiger partial charge on any atom is 0.303 e. The van der Waals surface area contributed by atoms with Crippen molar-refractivity contribution in [2.75, 3.05) is 11.6 Å². The summed E-state index contributed by atoms with van der Waals surface area (Å²) in [7, 11) is -1.08. The van der Waals surface area contributed by atoms with Crippen LogP contribution in [-0.4, -0.2) is 27.4 Å². The van der Waals surface area contributed by atoms with Crippen LogP contribution in [0.3, 0.4) is 0 Å². The molecule has 0 radical (unpaired) electrons. The molecule has 0 saturated carbocycles. The van der Waals surface area contributed by atoms with Crippen LogP contribution < -0.4 is 5.32 Å². The Morgan fingerprint density at radius 1 is 1.26 bits per heavy atom. The van der Waals surface area contributed by atoms with Gasteiger partial charge in [-0.2, -0.15) is 0 Å². The zero-order chi connectivity index (χ0) is 14.3. The minimum Gasteiger partial charge on any atom is -0.481 e. The Hall–Kier alpha value is -1.69. The van der Waals surface area contributed by atoms with Crippen molar-refractivity contribution in [2.45, 2.75) is 30.6 Å². The summed E-state index contributed by atoms with van der Waals surface area (Å²) in [6.07, 6.45) is 2.97. The predicted octanol–water partition coefficient (Wildman–Crippen LogP) is 2.01. The molecular formula is C13H17NO4S. The molecule has 0 aliphatic rings. The lowest BCUT2D eigenvalue weighted by Gasteiger charge is -2.06. The molecule has 0 aromatic heterocycles. The van der Waals surface area contributed by atoms with E-state index in [4.69, 9.17) is 5.11 Å². The van der Waals surface area contributed by atoms with Crippen LogP contribution in [0.2, 0.25) is 0 Å². The second-order valence-electron chi connectivity index (χ2n) is 4.13. The van der Waals surface area contributed by atoms with Crippen LogP contribution in [-0.2, 0) is 20.4 Å². The number of anilines is 1. The summed E-state index contributed by atoms with van der Waals surface area (Å²) in [6.45, 7) is 0. The molecule has 1 amide bonds. The van der Waals surface area contributed by atoms with Gasteiger partial charge in [0.2, 0.25) is 5.91 Å². The van der Waals surface area contributed by atoms with E-state index in [2.05, 4.69) is 5.32 Å². The van der Waals surface area contributed by atoms with Gasteiger partial charge in [-0.1, -0.05) is 6.07 Å². The second kappa shape index (κ2) is 7.68. The number of nitrogens with one attached hydrogen (secondary N) is 1. The second-order valence-corrected chi connectivity index (χ2v) is 5.51. The molecule has 1 aromatic carbocycles. The Morgan fingerprint density at radius 3 is 2.58 bits per heavy atom. The van der Waals surface area contributed by atoms with Crippen molar-refractivity contribution in [2.24, 2.45) is 0 Å². The van der Waals surface area contributed by atoms with Crippen LogP contribution in [0.5, 0.6) is 0 Å². The number of aliphatic carboxylic acids is 1. The smallest absolute Gasteiger partial charge is 0.303 e. The maximum atomic E-state index is 11.6. The first-order valence-corrected chi connectivity index (χ1v) is 7.50. The van der Waals surface area contributed by atoms with E-state index in [0.29, 0.717) is 23.4 Å². The minimum atomic E-state index is -1.08. The lowest BCUT2D eigenvalue weighted by Crippen LogP contribution is -2.11. The van der Waals surface area contributed by atoms with Gasteiger partial charge in [-0.15, -0.1) is 0 Å². The van der Waals surface area contributed by atoms with Gasteiger partial charge in [0, 0.05) is 40.5 Å². The highest BCUT2D eigenvalue weighted by molar-refractivity contribution is 7.84. The van der Waals surface area contributed by atoms with Crippen molar-refractivity contribution in [3.8, 4) is 0 Å². The molecule has 104 valence electrons. The number of carbonyl (C=O) groups excluding carboxylic acids is 1. The molecule has 0 bridgehead atoms. The summed E-state index contributed by atoms with van der Waals surface area (Å²) >= 11 is 0. The fourth-order valence-electron chi connectivity index (χ4n) is 1.54. The summed E-state index contributed by atoms with van der Waals surface area (Å²) in [4.78, 5) is 22.6. The minimum absolute atomic E-state index is 0.0809. The first kappa shape index (κ1) is 15.4. The number of unbranched alkanes of at least 4 members (excludes halogenated alkanes) is 1. The van der Waals surface area contributed by atoms with E-state index in [9.17, 15) is 13.8 Å². The Bertz CT molecular complexity index is 487.